The van der Waals surface area contributed by atoms with Gasteiger partial charge in [0, 0.05) is 19.7 Å². The van der Waals surface area contributed by atoms with Crippen LogP contribution in [-0.4, -0.2) is 43.0 Å². The molecule has 0 fully saturated rings. The SMILES string of the molecule is C[C@H](OC(=O)c1cccc(S(=O)(=O)N(C)C)c1)c1nnc(-c2ccccc2)o1. The first kappa shape index (κ1) is 19.7. The first-order valence-electron chi connectivity index (χ1n) is 8.41. The van der Waals surface area contributed by atoms with Gasteiger partial charge in [0.1, 0.15) is 0 Å². The molecule has 28 heavy (non-hydrogen) atoms. The van der Waals surface area contributed by atoms with Gasteiger partial charge in [0.2, 0.25) is 15.9 Å². The van der Waals surface area contributed by atoms with E-state index in [-0.39, 0.29) is 16.3 Å². The van der Waals surface area contributed by atoms with Gasteiger partial charge in [0.05, 0.1) is 10.5 Å². The molecule has 9 heteroatoms. The first-order valence-corrected chi connectivity index (χ1v) is 9.85. The molecule has 1 atom stereocenters. The van der Waals surface area contributed by atoms with Crippen LogP contribution in [0.3, 0.4) is 0 Å². The molecule has 0 aliphatic rings. The first-order chi connectivity index (χ1) is 13.3. The third-order valence-electron chi connectivity index (χ3n) is 3.94. The van der Waals surface area contributed by atoms with Crippen molar-refractivity contribution in [3.8, 4) is 11.5 Å². The zero-order valence-electron chi connectivity index (χ0n) is 15.6. The molecule has 0 aliphatic heterocycles. The quantitative estimate of drug-likeness (QED) is 0.585. The number of esters is 1. The van der Waals surface area contributed by atoms with Gasteiger partial charge in [-0.25, -0.2) is 17.5 Å². The number of hydrogen-bond acceptors (Lipinski definition) is 7. The van der Waals surface area contributed by atoms with E-state index in [9.17, 15) is 13.2 Å². The fraction of sp³-hybridized carbons (Fsp3) is 0.211. The molecule has 3 rings (SSSR count). The van der Waals surface area contributed by atoms with Crippen LogP contribution >= 0.6 is 0 Å². The molecular formula is C19H19N3O5S. The number of ether oxygens (including phenoxy) is 1. The summed E-state index contributed by atoms with van der Waals surface area (Å²) < 4.78 is 36.5. The second-order valence-electron chi connectivity index (χ2n) is 6.17. The largest absolute Gasteiger partial charge is 0.449 e. The van der Waals surface area contributed by atoms with Crippen LogP contribution in [0.15, 0.2) is 63.9 Å². The molecule has 0 amide bonds. The van der Waals surface area contributed by atoms with Gasteiger partial charge in [-0.15, -0.1) is 10.2 Å². The maximum absolute atomic E-state index is 12.4. The second kappa shape index (κ2) is 7.91. The monoisotopic (exact) mass is 401 g/mol. The van der Waals surface area contributed by atoms with Gasteiger partial charge in [-0.3, -0.25) is 0 Å². The fourth-order valence-corrected chi connectivity index (χ4v) is 3.32. The highest BCUT2D eigenvalue weighted by molar-refractivity contribution is 7.89. The molecule has 2 aromatic carbocycles. The summed E-state index contributed by atoms with van der Waals surface area (Å²) in [5, 5.41) is 7.88. The molecule has 0 bridgehead atoms. The van der Waals surface area contributed by atoms with Crippen LogP contribution in [0.1, 0.15) is 29.3 Å². The van der Waals surface area contributed by atoms with Crippen molar-refractivity contribution in [1.29, 1.82) is 0 Å². The van der Waals surface area contributed by atoms with E-state index in [4.69, 9.17) is 9.15 Å². The normalized spacial score (nSPS) is 12.7. The molecule has 1 aromatic heterocycles. The summed E-state index contributed by atoms with van der Waals surface area (Å²) >= 11 is 0. The van der Waals surface area contributed by atoms with E-state index in [0.717, 1.165) is 9.87 Å². The summed E-state index contributed by atoms with van der Waals surface area (Å²) in [6, 6.07) is 14.9. The highest BCUT2D eigenvalue weighted by Gasteiger charge is 2.22. The van der Waals surface area contributed by atoms with Crippen molar-refractivity contribution >= 4 is 16.0 Å². The molecule has 0 spiro atoms. The summed E-state index contributed by atoms with van der Waals surface area (Å²) in [7, 11) is -0.818. The topological polar surface area (TPSA) is 103 Å². The van der Waals surface area contributed by atoms with Crippen LogP contribution in [0, 0.1) is 0 Å². The molecule has 0 unspecified atom stereocenters. The molecule has 3 aromatic rings. The lowest BCUT2D eigenvalue weighted by Crippen LogP contribution is -2.22. The Bertz CT molecular complexity index is 1080. The fourth-order valence-electron chi connectivity index (χ4n) is 2.37. The predicted molar refractivity (Wildman–Crippen MR) is 101 cm³/mol. The van der Waals surface area contributed by atoms with Crippen molar-refractivity contribution < 1.29 is 22.4 Å². The Morgan fingerprint density at radius 2 is 1.79 bits per heavy atom. The van der Waals surface area contributed by atoms with E-state index in [2.05, 4.69) is 10.2 Å². The van der Waals surface area contributed by atoms with Gasteiger partial charge < -0.3 is 9.15 Å². The number of carbonyl (C=O) groups is 1. The number of hydrogen-bond donors (Lipinski definition) is 0. The van der Waals surface area contributed by atoms with Crippen molar-refractivity contribution in [2.75, 3.05) is 14.1 Å². The minimum Gasteiger partial charge on any atom is -0.449 e. The average molecular weight is 401 g/mol. The smallest absolute Gasteiger partial charge is 0.338 e. The van der Waals surface area contributed by atoms with Crippen LogP contribution < -0.4 is 0 Å². The minimum atomic E-state index is -3.66. The summed E-state index contributed by atoms with van der Waals surface area (Å²) in [4.78, 5) is 12.4. The van der Waals surface area contributed by atoms with E-state index in [1.165, 1.54) is 38.4 Å². The number of carbonyl (C=O) groups excluding carboxylic acids is 1. The molecule has 8 nitrogen and oxygen atoms in total. The highest BCUT2D eigenvalue weighted by Crippen LogP contribution is 2.23. The number of rotatable bonds is 6. The van der Waals surface area contributed by atoms with Gasteiger partial charge >= 0.3 is 5.97 Å². The number of aromatic nitrogens is 2. The number of benzene rings is 2. The number of sulfonamides is 1. The van der Waals surface area contributed by atoms with Crippen LogP contribution in [-0.2, 0) is 14.8 Å². The standard InChI is InChI=1S/C19H19N3O5S/c1-13(17-20-21-18(27-17)14-8-5-4-6-9-14)26-19(23)15-10-7-11-16(12-15)28(24,25)22(2)3/h4-13H,1-3H3/t13-/m0/s1. The predicted octanol–water partition coefficient (Wildman–Crippen LogP) is 2.90. The van der Waals surface area contributed by atoms with E-state index in [1.807, 2.05) is 30.3 Å². The van der Waals surface area contributed by atoms with Crippen molar-refractivity contribution in [3.05, 3.63) is 66.1 Å². The van der Waals surface area contributed by atoms with E-state index in [1.54, 1.807) is 6.92 Å². The summed E-state index contributed by atoms with van der Waals surface area (Å²) in [5.74, 6) is -0.232. The molecular weight excluding hydrogens is 382 g/mol. The van der Waals surface area contributed by atoms with Gasteiger partial charge in [0.25, 0.3) is 5.89 Å². The maximum Gasteiger partial charge on any atom is 0.338 e. The van der Waals surface area contributed by atoms with Crippen LogP contribution in [0.2, 0.25) is 0 Å². The van der Waals surface area contributed by atoms with E-state index in [0.29, 0.717) is 5.89 Å². The molecule has 0 aliphatic carbocycles. The van der Waals surface area contributed by atoms with E-state index >= 15 is 0 Å². The van der Waals surface area contributed by atoms with E-state index < -0.39 is 22.1 Å². The van der Waals surface area contributed by atoms with Crippen molar-refractivity contribution in [2.45, 2.75) is 17.9 Å². The zero-order chi connectivity index (χ0) is 20.3. The Morgan fingerprint density at radius 1 is 1.07 bits per heavy atom. The zero-order valence-corrected chi connectivity index (χ0v) is 16.4. The summed E-state index contributed by atoms with van der Waals surface area (Å²) in [6.07, 6.45) is -0.799. The second-order valence-corrected chi connectivity index (χ2v) is 8.33. The lowest BCUT2D eigenvalue weighted by molar-refractivity contribution is 0.0279. The van der Waals surface area contributed by atoms with Crippen LogP contribution in [0.5, 0.6) is 0 Å². The van der Waals surface area contributed by atoms with Gasteiger partial charge in [0.15, 0.2) is 6.10 Å². The average Bonchev–Trinajstić information content (AvgIpc) is 3.19. The lowest BCUT2D eigenvalue weighted by Gasteiger charge is -2.13. The Balaban J connectivity index is 1.76. The third kappa shape index (κ3) is 4.10. The van der Waals surface area contributed by atoms with Gasteiger partial charge in [-0.05, 0) is 37.3 Å². The molecule has 146 valence electrons. The van der Waals surface area contributed by atoms with Crippen molar-refractivity contribution in [2.24, 2.45) is 0 Å². The highest BCUT2D eigenvalue weighted by atomic mass is 32.2. The lowest BCUT2D eigenvalue weighted by atomic mass is 10.2. The Hall–Kier alpha value is -3.04. The maximum atomic E-state index is 12.4. The van der Waals surface area contributed by atoms with Crippen LogP contribution in [0.25, 0.3) is 11.5 Å². The molecule has 0 radical (unpaired) electrons. The Labute approximate surface area is 162 Å². The minimum absolute atomic E-state index is 0.00348. The van der Waals surface area contributed by atoms with Gasteiger partial charge in [-0.1, -0.05) is 24.3 Å². The number of nitrogens with zero attached hydrogens (tertiary/aromatic N) is 3. The summed E-state index contributed by atoms with van der Waals surface area (Å²) in [5.41, 5.74) is 0.860. The molecule has 1 heterocycles. The van der Waals surface area contributed by atoms with Crippen LogP contribution in [0.4, 0.5) is 0 Å². The molecule has 0 N–H and O–H groups in total. The Morgan fingerprint density at radius 3 is 2.46 bits per heavy atom. The van der Waals surface area contributed by atoms with Crippen molar-refractivity contribution in [1.82, 2.24) is 14.5 Å². The molecule has 0 saturated heterocycles. The third-order valence-corrected chi connectivity index (χ3v) is 5.75. The summed E-state index contributed by atoms with van der Waals surface area (Å²) in [6.45, 7) is 1.60. The van der Waals surface area contributed by atoms with Crippen molar-refractivity contribution in [3.63, 3.8) is 0 Å². The van der Waals surface area contributed by atoms with Gasteiger partial charge in [-0.2, -0.15) is 0 Å². The molecule has 0 saturated carbocycles. The Kier molecular flexibility index (Phi) is 5.57.